The van der Waals surface area contributed by atoms with Crippen molar-refractivity contribution in [2.75, 3.05) is 6.61 Å². The van der Waals surface area contributed by atoms with Gasteiger partial charge in [-0.15, -0.1) is 0 Å². The Labute approximate surface area is 124 Å². The second-order valence-corrected chi connectivity index (χ2v) is 7.58. The average molecular weight is 297 g/mol. The molecule has 0 fully saturated rings. The van der Waals surface area contributed by atoms with Gasteiger partial charge >= 0.3 is 5.97 Å². The predicted molar refractivity (Wildman–Crippen MR) is 83.0 cm³/mol. The summed E-state index contributed by atoms with van der Waals surface area (Å²) in [5.41, 5.74) is 1.75. The summed E-state index contributed by atoms with van der Waals surface area (Å²) in [6.45, 7) is 7.93. The van der Waals surface area contributed by atoms with Crippen LogP contribution in [0.2, 0.25) is 0 Å². The van der Waals surface area contributed by atoms with Gasteiger partial charge < -0.3 is 9.29 Å². The SMILES string of the molecule is CCCC(=O)OCC1=CC/C(=N\[S+]([O-])C(C)(C)C)C=C1. The summed E-state index contributed by atoms with van der Waals surface area (Å²) < 4.78 is 20.9. The normalized spacial score (nSPS) is 18.9. The van der Waals surface area contributed by atoms with E-state index in [9.17, 15) is 9.35 Å². The lowest BCUT2D eigenvalue weighted by Crippen LogP contribution is -2.26. The Hall–Kier alpha value is -1.07. The number of hydrogen-bond donors (Lipinski definition) is 0. The largest absolute Gasteiger partial charge is 0.591 e. The molecule has 1 rings (SSSR count). The van der Waals surface area contributed by atoms with Gasteiger partial charge in [0.1, 0.15) is 22.7 Å². The first-order chi connectivity index (χ1) is 9.32. The summed E-state index contributed by atoms with van der Waals surface area (Å²) in [7, 11) is 0. The van der Waals surface area contributed by atoms with Crippen molar-refractivity contribution in [1.29, 1.82) is 0 Å². The van der Waals surface area contributed by atoms with Gasteiger partial charge in [0.2, 0.25) is 0 Å². The zero-order valence-corrected chi connectivity index (χ0v) is 13.5. The number of esters is 1. The van der Waals surface area contributed by atoms with Gasteiger partial charge in [-0.2, -0.15) is 0 Å². The van der Waals surface area contributed by atoms with Crippen LogP contribution in [0, 0.1) is 0 Å². The molecule has 0 aromatic heterocycles. The first kappa shape index (κ1) is 17.0. The Kier molecular flexibility index (Phi) is 6.49. The zero-order chi connectivity index (χ0) is 15.2. The van der Waals surface area contributed by atoms with E-state index in [1.54, 1.807) is 0 Å². The van der Waals surface area contributed by atoms with Crippen LogP contribution in [-0.2, 0) is 20.9 Å². The molecule has 5 heteroatoms. The summed E-state index contributed by atoms with van der Waals surface area (Å²) in [5, 5.41) is 0. The molecule has 0 aromatic rings. The van der Waals surface area contributed by atoms with Crippen LogP contribution in [0.5, 0.6) is 0 Å². The molecule has 1 aliphatic carbocycles. The van der Waals surface area contributed by atoms with Crippen molar-refractivity contribution in [1.82, 2.24) is 0 Å². The van der Waals surface area contributed by atoms with Crippen LogP contribution in [0.4, 0.5) is 0 Å². The lowest BCUT2D eigenvalue weighted by atomic mass is 10.1. The Morgan fingerprint density at radius 1 is 1.45 bits per heavy atom. The zero-order valence-electron chi connectivity index (χ0n) is 12.6. The Bertz CT molecular complexity index is 433. The fraction of sp³-hybridized carbons (Fsp3) is 0.600. The van der Waals surface area contributed by atoms with E-state index in [0.717, 1.165) is 17.7 Å². The highest BCUT2D eigenvalue weighted by Gasteiger charge is 2.26. The maximum atomic E-state index is 11.9. The molecule has 0 aliphatic heterocycles. The Morgan fingerprint density at radius 2 is 2.15 bits per heavy atom. The lowest BCUT2D eigenvalue weighted by molar-refractivity contribution is -0.142. The minimum atomic E-state index is -1.24. The van der Waals surface area contributed by atoms with E-state index >= 15 is 0 Å². The second kappa shape index (κ2) is 7.64. The van der Waals surface area contributed by atoms with Crippen molar-refractivity contribution >= 4 is 23.0 Å². The van der Waals surface area contributed by atoms with Crippen LogP contribution in [0.25, 0.3) is 0 Å². The van der Waals surface area contributed by atoms with Crippen molar-refractivity contribution in [3.63, 3.8) is 0 Å². The summed E-state index contributed by atoms with van der Waals surface area (Å²) >= 11 is -1.24. The first-order valence-electron chi connectivity index (χ1n) is 6.85. The van der Waals surface area contributed by atoms with Gasteiger partial charge in [-0.25, -0.2) is 0 Å². The molecular weight excluding hydrogens is 274 g/mol. The Balaban J connectivity index is 2.48. The van der Waals surface area contributed by atoms with E-state index in [1.165, 1.54) is 0 Å². The Morgan fingerprint density at radius 3 is 2.65 bits per heavy atom. The summed E-state index contributed by atoms with van der Waals surface area (Å²) in [5.74, 6) is -0.171. The quantitative estimate of drug-likeness (QED) is 0.578. The minimum Gasteiger partial charge on any atom is -0.591 e. The van der Waals surface area contributed by atoms with E-state index in [0.29, 0.717) is 19.4 Å². The summed E-state index contributed by atoms with van der Waals surface area (Å²) in [4.78, 5) is 11.3. The number of rotatable bonds is 5. The summed E-state index contributed by atoms with van der Waals surface area (Å²) in [6, 6.07) is 0. The molecule has 0 heterocycles. The lowest BCUT2D eigenvalue weighted by Gasteiger charge is -2.19. The van der Waals surface area contributed by atoms with E-state index < -0.39 is 11.4 Å². The van der Waals surface area contributed by atoms with E-state index in [2.05, 4.69) is 4.40 Å². The molecule has 0 aromatic carbocycles. The van der Waals surface area contributed by atoms with Crippen LogP contribution in [-0.4, -0.2) is 27.6 Å². The molecule has 0 amide bonds. The van der Waals surface area contributed by atoms with Crippen molar-refractivity contribution < 1.29 is 14.1 Å². The maximum absolute atomic E-state index is 11.9. The van der Waals surface area contributed by atoms with Gasteiger partial charge in [0.05, 0.1) is 5.71 Å². The van der Waals surface area contributed by atoms with E-state index in [1.807, 2.05) is 45.9 Å². The maximum Gasteiger partial charge on any atom is 0.306 e. The van der Waals surface area contributed by atoms with Crippen LogP contribution in [0.1, 0.15) is 47.0 Å². The molecule has 1 unspecified atom stereocenters. The number of nitrogens with zero attached hydrogens (tertiary/aromatic N) is 1. The predicted octanol–water partition coefficient (Wildman–Crippen LogP) is 3.12. The average Bonchev–Trinajstić information content (AvgIpc) is 2.37. The highest BCUT2D eigenvalue weighted by atomic mass is 32.2. The molecule has 20 heavy (non-hydrogen) atoms. The molecule has 0 saturated carbocycles. The highest BCUT2D eigenvalue weighted by molar-refractivity contribution is 7.91. The van der Waals surface area contributed by atoms with Crippen molar-refractivity contribution in [2.45, 2.75) is 51.7 Å². The molecule has 112 valence electrons. The molecule has 0 radical (unpaired) electrons. The van der Waals surface area contributed by atoms with Gasteiger partial charge in [-0.05, 0) is 38.8 Å². The number of carbonyl (C=O) groups is 1. The smallest absolute Gasteiger partial charge is 0.306 e. The van der Waals surface area contributed by atoms with Gasteiger partial charge in [-0.1, -0.05) is 23.5 Å². The molecule has 4 nitrogen and oxygen atoms in total. The van der Waals surface area contributed by atoms with E-state index in [-0.39, 0.29) is 10.7 Å². The van der Waals surface area contributed by atoms with Gasteiger partial charge in [0.25, 0.3) is 0 Å². The first-order valence-corrected chi connectivity index (χ1v) is 7.96. The van der Waals surface area contributed by atoms with Crippen LogP contribution in [0.3, 0.4) is 0 Å². The molecule has 1 aliphatic rings. The summed E-state index contributed by atoms with van der Waals surface area (Å²) in [6.07, 6.45) is 7.53. The monoisotopic (exact) mass is 297 g/mol. The van der Waals surface area contributed by atoms with E-state index in [4.69, 9.17) is 4.74 Å². The fourth-order valence-electron chi connectivity index (χ4n) is 1.43. The molecular formula is C15H23NO3S. The second-order valence-electron chi connectivity index (χ2n) is 5.67. The number of ether oxygens (including phenoxy) is 1. The third kappa shape index (κ3) is 5.92. The van der Waals surface area contributed by atoms with Gasteiger partial charge in [0.15, 0.2) is 0 Å². The molecule has 0 spiro atoms. The number of hydrogen-bond acceptors (Lipinski definition) is 4. The van der Waals surface area contributed by atoms with Gasteiger partial charge in [0, 0.05) is 12.8 Å². The van der Waals surface area contributed by atoms with Crippen molar-refractivity contribution in [2.24, 2.45) is 4.40 Å². The highest BCUT2D eigenvalue weighted by Crippen LogP contribution is 2.19. The third-order valence-corrected chi connectivity index (χ3v) is 4.09. The van der Waals surface area contributed by atoms with Crippen LogP contribution >= 0.6 is 0 Å². The molecule has 0 N–H and O–H groups in total. The van der Waals surface area contributed by atoms with Crippen LogP contribution < -0.4 is 0 Å². The van der Waals surface area contributed by atoms with Crippen molar-refractivity contribution in [3.8, 4) is 0 Å². The van der Waals surface area contributed by atoms with Crippen molar-refractivity contribution in [3.05, 3.63) is 23.8 Å². The molecule has 0 saturated heterocycles. The fourth-order valence-corrected chi connectivity index (χ4v) is 2.06. The van der Waals surface area contributed by atoms with Crippen LogP contribution in [0.15, 0.2) is 28.2 Å². The topological polar surface area (TPSA) is 61.7 Å². The minimum absolute atomic E-state index is 0.171. The van der Waals surface area contributed by atoms with Gasteiger partial charge in [-0.3, -0.25) is 4.79 Å². The number of carbonyl (C=O) groups excluding carboxylic acids is 1. The molecule has 1 atom stereocenters. The molecule has 0 bridgehead atoms. The third-order valence-electron chi connectivity index (χ3n) is 2.64. The standard InChI is InChI=1S/C15H23NO3S/c1-5-6-14(17)19-11-12-7-9-13(10-8-12)16-20(18)15(2,3)4/h7-9H,5-6,10-11H2,1-4H3/b16-13-. The number of allylic oxidation sites excluding steroid dienone is 2.